The zero-order valence-corrected chi connectivity index (χ0v) is 20.4. The zero-order valence-electron chi connectivity index (χ0n) is 20.4. The van der Waals surface area contributed by atoms with E-state index in [9.17, 15) is 22.8 Å². The van der Waals surface area contributed by atoms with E-state index in [-0.39, 0.29) is 35.9 Å². The Morgan fingerprint density at radius 2 is 1.97 bits per heavy atom. The van der Waals surface area contributed by atoms with Crippen LogP contribution in [-0.2, 0) is 17.8 Å². The standard InChI is InChI=1S/C23H28F3N7O3/c1-5-33-17(8-13(2)30-33)20(35)29-21-28-15-9-14(19(27)34)10-16-18(15)32(21)12-22(3,23(24,25)26)11-31(16)6-7-36-4/h8-10H,5-7,11-12H2,1-4H3,(H2,27,34)(H,28,29,35)/t22-/m0/s1. The number of rotatable bonds is 7. The van der Waals surface area contributed by atoms with Crippen LogP contribution in [0.2, 0.25) is 0 Å². The van der Waals surface area contributed by atoms with Gasteiger partial charge < -0.3 is 19.9 Å². The van der Waals surface area contributed by atoms with E-state index in [1.54, 1.807) is 13.0 Å². The van der Waals surface area contributed by atoms with Gasteiger partial charge in [-0.05, 0) is 39.0 Å². The third kappa shape index (κ3) is 4.38. The Kier molecular flexibility index (Phi) is 6.45. The summed E-state index contributed by atoms with van der Waals surface area (Å²) in [4.78, 5) is 31.1. The molecule has 13 heteroatoms. The summed E-state index contributed by atoms with van der Waals surface area (Å²) in [7, 11) is 1.46. The molecule has 1 aromatic carbocycles. The highest BCUT2D eigenvalue weighted by molar-refractivity contribution is 6.05. The topological polar surface area (TPSA) is 120 Å². The van der Waals surface area contributed by atoms with Gasteiger partial charge in [-0.1, -0.05) is 0 Å². The summed E-state index contributed by atoms with van der Waals surface area (Å²) in [6.07, 6.45) is -4.58. The number of ether oxygens (including phenoxy) is 1. The number of nitrogens with zero attached hydrogens (tertiary/aromatic N) is 5. The predicted molar refractivity (Wildman–Crippen MR) is 127 cm³/mol. The van der Waals surface area contributed by atoms with Gasteiger partial charge in [0.2, 0.25) is 11.9 Å². The lowest BCUT2D eigenvalue weighted by molar-refractivity contribution is -0.218. The Morgan fingerprint density at radius 3 is 2.58 bits per heavy atom. The molecule has 3 aromatic rings. The van der Waals surface area contributed by atoms with Crippen molar-refractivity contribution in [2.45, 2.75) is 40.0 Å². The van der Waals surface area contributed by atoms with E-state index >= 15 is 0 Å². The van der Waals surface area contributed by atoms with Crippen molar-refractivity contribution >= 4 is 34.5 Å². The molecule has 0 saturated heterocycles. The molecule has 0 spiro atoms. The van der Waals surface area contributed by atoms with Crippen LogP contribution in [0.4, 0.5) is 24.8 Å². The third-order valence-electron chi connectivity index (χ3n) is 6.40. The maximum Gasteiger partial charge on any atom is 0.397 e. The summed E-state index contributed by atoms with van der Waals surface area (Å²) in [6.45, 7) is 4.52. The molecular weight excluding hydrogens is 479 g/mol. The number of carbonyl (C=O) groups is 2. The van der Waals surface area contributed by atoms with Gasteiger partial charge in [-0.25, -0.2) is 4.98 Å². The molecular formula is C23H28F3N7O3. The molecule has 1 aliphatic heterocycles. The van der Waals surface area contributed by atoms with Crippen LogP contribution in [0, 0.1) is 12.3 Å². The number of nitrogens with one attached hydrogen (secondary N) is 1. The molecule has 2 amide bonds. The molecule has 1 aliphatic rings. The smallest absolute Gasteiger partial charge is 0.383 e. The van der Waals surface area contributed by atoms with E-state index in [4.69, 9.17) is 10.5 Å². The third-order valence-corrected chi connectivity index (χ3v) is 6.40. The number of hydrogen-bond donors (Lipinski definition) is 2. The molecule has 4 rings (SSSR count). The fourth-order valence-electron chi connectivity index (χ4n) is 4.50. The minimum atomic E-state index is -4.58. The quantitative estimate of drug-likeness (QED) is 0.507. The summed E-state index contributed by atoms with van der Waals surface area (Å²) >= 11 is 0. The Hall–Kier alpha value is -3.61. The fraction of sp³-hybridized carbons (Fsp3) is 0.478. The molecule has 0 bridgehead atoms. The van der Waals surface area contributed by atoms with E-state index in [0.29, 0.717) is 23.4 Å². The lowest BCUT2D eigenvalue weighted by atomic mass is 9.89. The Morgan fingerprint density at radius 1 is 1.25 bits per heavy atom. The lowest BCUT2D eigenvalue weighted by Crippen LogP contribution is -2.48. The van der Waals surface area contributed by atoms with E-state index in [0.717, 1.165) is 6.92 Å². The number of aromatic nitrogens is 4. The van der Waals surface area contributed by atoms with Crippen molar-refractivity contribution < 1.29 is 27.5 Å². The second kappa shape index (κ2) is 9.12. The molecule has 3 heterocycles. The van der Waals surface area contributed by atoms with Gasteiger partial charge in [0, 0.05) is 38.9 Å². The van der Waals surface area contributed by atoms with Crippen LogP contribution >= 0.6 is 0 Å². The first-order valence-corrected chi connectivity index (χ1v) is 11.4. The number of primary amides is 1. The summed E-state index contributed by atoms with van der Waals surface area (Å²) in [5.41, 5.74) is 5.24. The van der Waals surface area contributed by atoms with Gasteiger partial charge in [-0.2, -0.15) is 18.3 Å². The van der Waals surface area contributed by atoms with Gasteiger partial charge in [-0.3, -0.25) is 19.6 Å². The van der Waals surface area contributed by atoms with Gasteiger partial charge in [-0.15, -0.1) is 0 Å². The molecule has 2 aromatic heterocycles. The predicted octanol–water partition coefficient (Wildman–Crippen LogP) is 2.95. The molecule has 0 radical (unpaired) electrons. The van der Waals surface area contributed by atoms with Crippen LogP contribution in [0.5, 0.6) is 0 Å². The van der Waals surface area contributed by atoms with Gasteiger partial charge in [0.1, 0.15) is 5.69 Å². The molecule has 36 heavy (non-hydrogen) atoms. The number of anilines is 2. The number of imidazole rings is 1. The molecule has 0 aliphatic carbocycles. The SMILES string of the molecule is CCn1nc(C)cc1C(=O)Nc1nc2cc(C(N)=O)cc3c2n1C[C@@](C)(C(F)(F)F)CN3CCOC. The van der Waals surface area contributed by atoms with Crippen LogP contribution < -0.4 is 16.0 Å². The first-order chi connectivity index (χ1) is 16.9. The number of aryl methyl sites for hydroxylation is 2. The normalized spacial score (nSPS) is 17.9. The van der Waals surface area contributed by atoms with Crippen LogP contribution in [0.1, 0.15) is 40.4 Å². The van der Waals surface area contributed by atoms with Crippen molar-refractivity contribution in [1.82, 2.24) is 19.3 Å². The molecule has 1 atom stereocenters. The molecule has 3 N–H and O–H groups in total. The van der Waals surface area contributed by atoms with E-state index < -0.39 is 36.5 Å². The summed E-state index contributed by atoms with van der Waals surface area (Å²) in [5.74, 6) is -1.37. The second-order valence-corrected chi connectivity index (χ2v) is 9.16. The van der Waals surface area contributed by atoms with E-state index in [2.05, 4.69) is 15.4 Å². The first kappa shape index (κ1) is 25.5. The molecule has 194 valence electrons. The van der Waals surface area contributed by atoms with Crippen molar-refractivity contribution in [3.8, 4) is 0 Å². The number of amides is 2. The average molecular weight is 508 g/mol. The van der Waals surface area contributed by atoms with Crippen molar-refractivity contribution in [2.75, 3.05) is 37.0 Å². The zero-order chi connectivity index (χ0) is 26.4. The maximum atomic E-state index is 14.4. The van der Waals surface area contributed by atoms with E-state index in [1.807, 2.05) is 6.92 Å². The number of alkyl halides is 3. The maximum absolute atomic E-state index is 14.4. The highest BCUT2D eigenvalue weighted by Crippen LogP contribution is 2.46. The molecule has 0 unspecified atom stereocenters. The van der Waals surface area contributed by atoms with Gasteiger partial charge in [0.05, 0.1) is 34.4 Å². The Balaban J connectivity index is 1.92. The van der Waals surface area contributed by atoms with Gasteiger partial charge in [0.15, 0.2) is 0 Å². The first-order valence-electron chi connectivity index (χ1n) is 11.4. The van der Waals surface area contributed by atoms with Crippen molar-refractivity contribution in [1.29, 1.82) is 0 Å². The Labute approximate surface area is 205 Å². The van der Waals surface area contributed by atoms with Crippen LogP contribution in [0.3, 0.4) is 0 Å². The average Bonchev–Trinajstić information content (AvgIpc) is 3.30. The molecule has 0 saturated carbocycles. The Bertz CT molecular complexity index is 1330. The van der Waals surface area contributed by atoms with Crippen molar-refractivity contribution in [3.63, 3.8) is 0 Å². The highest BCUT2D eigenvalue weighted by atomic mass is 19.4. The van der Waals surface area contributed by atoms with Crippen LogP contribution in [-0.4, -0.2) is 64.1 Å². The minimum absolute atomic E-state index is 0.0663. The van der Waals surface area contributed by atoms with Crippen molar-refractivity contribution in [3.05, 3.63) is 35.2 Å². The van der Waals surface area contributed by atoms with Gasteiger partial charge in [0.25, 0.3) is 5.91 Å². The summed E-state index contributed by atoms with van der Waals surface area (Å²) in [6, 6.07) is 4.47. The van der Waals surface area contributed by atoms with E-state index in [1.165, 1.54) is 33.4 Å². The fourth-order valence-corrected chi connectivity index (χ4v) is 4.50. The van der Waals surface area contributed by atoms with Crippen LogP contribution in [0.15, 0.2) is 18.2 Å². The number of hydrogen-bond acceptors (Lipinski definition) is 6. The summed E-state index contributed by atoms with van der Waals surface area (Å²) in [5, 5.41) is 6.92. The number of methoxy groups -OCH3 is 1. The molecule has 10 nitrogen and oxygen atoms in total. The number of halogens is 3. The molecule has 0 fully saturated rings. The second-order valence-electron chi connectivity index (χ2n) is 9.16. The largest absolute Gasteiger partial charge is 0.397 e. The minimum Gasteiger partial charge on any atom is -0.383 e. The van der Waals surface area contributed by atoms with Crippen molar-refractivity contribution in [2.24, 2.45) is 11.1 Å². The number of benzene rings is 1. The van der Waals surface area contributed by atoms with Crippen LogP contribution in [0.25, 0.3) is 11.0 Å². The number of carbonyl (C=O) groups excluding carboxylic acids is 2. The number of nitrogens with two attached hydrogens (primary N) is 1. The monoisotopic (exact) mass is 507 g/mol. The lowest BCUT2D eigenvalue weighted by Gasteiger charge is -2.36. The summed E-state index contributed by atoms with van der Waals surface area (Å²) < 4.78 is 51.2. The highest BCUT2D eigenvalue weighted by Gasteiger charge is 2.54. The van der Waals surface area contributed by atoms with Gasteiger partial charge >= 0.3 is 6.18 Å².